The molecule has 1 aromatic rings. The lowest BCUT2D eigenvalue weighted by atomic mass is 9.90. The number of aromatic nitrogens is 1. The second-order valence-electron chi connectivity index (χ2n) is 4.80. The summed E-state index contributed by atoms with van der Waals surface area (Å²) in [5, 5.41) is 12.0. The second-order valence-corrected chi connectivity index (χ2v) is 4.80. The van der Waals surface area contributed by atoms with Crippen LogP contribution >= 0.6 is 0 Å². The normalized spacial score (nSPS) is 11.2. The molecule has 0 aliphatic rings. The highest BCUT2D eigenvalue weighted by Gasteiger charge is 2.17. The average molecular weight is 237 g/mol. The van der Waals surface area contributed by atoms with Crippen molar-refractivity contribution in [3.8, 4) is 0 Å². The summed E-state index contributed by atoms with van der Waals surface area (Å²) >= 11 is 0. The first-order chi connectivity index (χ1) is 7.87. The van der Waals surface area contributed by atoms with Gasteiger partial charge >= 0.3 is 5.97 Å². The zero-order valence-electron chi connectivity index (χ0n) is 10.4. The molecule has 0 aromatic carbocycles. The Morgan fingerprint density at radius 3 is 2.76 bits per heavy atom. The van der Waals surface area contributed by atoms with E-state index in [4.69, 9.17) is 10.8 Å². The van der Waals surface area contributed by atoms with E-state index in [1.807, 2.05) is 0 Å². The molecule has 0 fully saturated rings. The zero-order valence-corrected chi connectivity index (χ0v) is 10.4. The first-order valence-electron chi connectivity index (χ1n) is 5.59. The van der Waals surface area contributed by atoms with Crippen molar-refractivity contribution in [3.05, 3.63) is 17.8 Å². The number of nitrogens with one attached hydrogen (secondary N) is 1. The van der Waals surface area contributed by atoms with E-state index in [0.717, 1.165) is 6.42 Å². The number of rotatable bonds is 5. The second kappa shape index (κ2) is 5.03. The molecule has 0 atom stereocenters. The van der Waals surface area contributed by atoms with E-state index in [0.29, 0.717) is 12.4 Å². The van der Waals surface area contributed by atoms with Gasteiger partial charge in [-0.2, -0.15) is 0 Å². The first-order valence-corrected chi connectivity index (χ1v) is 5.59. The molecule has 0 spiro atoms. The summed E-state index contributed by atoms with van der Waals surface area (Å²) in [6, 6.07) is 1.40. The molecule has 17 heavy (non-hydrogen) atoms. The molecule has 5 heteroatoms. The SMILES string of the molecule is CCC(C)(C)CNc1nccc(C(=O)O)c1N. The minimum absolute atomic E-state index is 0.0804. The fraction of sp³-hybridized carbons (Fsp3) is 0.500. The van der Waals surface area contributed by atoms with Crippen LogP contribution in [0.3, 0.4) is 0 Å². The molecule has 0 unspecified atom stereocenters. The average Bonchev–Trinajstić information content (AvgIpc) is 2.27. The molecule has 4 N–H and O–H groups in total. The Morgan fingerprint density at radius 1 is 1.59 bits per heavy atom. The summed E-state index contributed by atoms with van der Waals surface area (Å²) < 4.78 is 0. The van der Waals surface area contributed by atoms with Gasteiger partial charge in [0.25, 0.3) is 0 Å². The van der Waals surface area contributed by atoms with Gasteiger partial charge in [0.15, 0.2) is 0 Å². The Kier molecular flexibility index (Phi) is 3.93. The molecular formula is C12H19N3O2. The van der Waals surface area contributed by atoms with Gasteiger partial charge in [-0.3, -0.25) is 0 Å². The number of hydrogen-bond acceptors (Lipinski definition) is 4. The molecule has 5 nitrogen and oxygen atoms in total. The van der Waals surface area contributed by atoms with Gasteiger partial charge in [-0.05, 0) is 17.9 Å². The van der Waals surface area contributed by atoms with Gasteiger partial charge in [0, 0.05) is 12.7 Å². The van der Waals surface area contributed by atoms with E-state index < -0.39 is 5.97 Å². The molecular weight excluding hydrogens is 218 g/mol. The maximum absolute atomic E-state index is 10.9. The summed E-state index contributed by atoms with van der Waals surface area (Å²) in [6.07, 6.45) is 2.46. The first kappa shape index (κ1) is 13.3. The number of carbonyl (C=O) groups is 1. The predicted molar refractivity (Wildman–Crippen MR) is 68.2 cm³/mol. The lowest BCUT2D eigenvalue weighted by molar-refractivity contribution is 0.0698. The molecule has 0 radical (unpaired) electrons. The highest BCUT2D eigenvalue weighted by Crippen LogP contribution is 2.24. The van der Waals surface area contributed by atoms with Crippen molar-refractivity contribution < 1.29 is 9.90 Å². The van der Waals surface area contributed by atoms with E-state index in [9.17, 15) is 4.79 Å². The number of nitrogen functional groups attached to an aromatic ring is 1. The predicted octanol–water partition coefficient (Wildman–Crippen LogP) is 2.21. The van der Waals surface area contributed by atoms with Crippen molar-refractivity contribution in [2.24, 2.45) is 5.41 Å². The smallest absolute Gasteiger partial charge is 0.337 e. The lowest BCUT2D eigenvalue weighted by Crippen LogP contribution is -2.23. The van der Waals surface area contributed by atoms with Gasteiger partial charge in [-0.1, -0.05) is 20.8 Å². The van der Waals surface area contributed by atoms with Gasteiger partial charge in [-0.25, -0.2) is 9.78 Å². The quantitative estimate of drug-likeness (QED) is 0.730. The van der Waals surface area contributed by atoms with Gasteiger partial charge in [0.05, 0.1) is 11.3 Å². The third-order valence-electron chi connectivity index (χ3n) is 2.91. The van der Waals surface area contributed by atoms with Gasteiger partial charge in [0.2, 0.25) is 0 Å². The van der Waals surface area contributed by atoms with Crippen LogP contribution in [-0.2, 0) is 0 Å². The van der Waals surface area contributed by atoms with E-state index in [-0.39, 0.29) is 16.7 Å². The minimum atomic E-state index is -1.04. The number of anilines is 2. The Bertz CT molecular complexity index is 416. The Morgan fingerprint density at radius 2 is 2.24 bits per heavy atom. The van der Waals surface area contributed by atoms with Gasteiger partial charge in [0.1, 0.15) is 5.82 Å². The minimum Gasteiger partial charge on any atom is -0.478 e. The van der Waals surface area contributed by atoms with Crippen LogP contribution in [-0.4, -0.2) is 22.6 Å². The molecule has 0 saturated heterocycles. The van der Waals surface area contributed by atoms with Crippen LogP contribution in [0.15, 0.2) is 12.3 Å². The topological polar surface area (TPSA) is 88.2 Å². The van der Waals surface area contributed by atoms with Crippen LogP contribution < -0.4 is 11.1 Å². The lowest BCUT2D eigenvalue weighted by Gasteiger charge is -2.23. The number of nitrogens with zero attached hydrogens (tertiary/aromatic N) is 1. The third kappa shape index (κ3) is 3.34. The molecule has 0 aliphatic heterocycles. The summed E-state index contributed by atoms with van der Waals surface area (Å²) in [5.74, 6) is -0.603. The maximum Gasteiger partial charge on any atom is 0.337 e. The number of carboxylic acids is 1. The summed E-state index contributed by atoms with van der Waals surface area (Å²) in [5.41, 5.74) is 6.13. The zero-order chi connectivity index (χ0) is 13.1. The Labute approximate surface area is 101 Å². The number of hydrogen-bond donors (Lipinski definition) is 3. The van der Waals surface area contributed by atoms with Gasteiger partial charge < -0.3 is 16.2 Å². The van der Waals surface area contributed by atoms with Crippen LogP contribution in [0.4, 0.5) is 11.5 Å². The fourth-order valence-corrected chi connectivity index (χ4v) is 1.25. The number of aromatic carboxylic acids is 1. The molecule has 1 aromatic heterocycles. The third-order valence-corrected chi connectivity index (χ3v) is 2.91. The van der Waals surface area contributed by atoms with E-state index in [1.54, 1.807) is 0 Å². The molecule has 0 bridgehead atoms. The van der Waals surface area contributed by atoms with Crippen molar-refractivity contribution in [1.29, 1.82) is 0 Å². The molecule has 94 valence electrons. The molecule has 1 rings (SSSR count). The van der Waals surface area contributed by atoms with Crippen LogP contribution in [0.1, 0.15) is 37.6 Å². The van der Waals surface area contributed by atoms with Crippen LogP contribution in [0.25, 0.3) is 0 Å². The molecule has 1 heterocycles. The van der Waals surface area contributed by atoms with Crippen molar-refractivity contribution in [2.45, 2.75) is 27.2 Å². The number of carboxylic acid groups (broad SMARTS) is 1. The molecule has 0 saturated carbocycles. The highest BCUT2D eigenvalue weighted by atomic mass is 16.4. The van der Waals surface area contributed by atoms with Crippen molar-refractivity contribution in [2.75, 3.05) is 17.6 Å². The number of nitrogens with two attached hydrogens (primary N) is 1. The standard InChI is InChI=1S/C12H19N3O2/c1-4-12(2,3)7-15-10-9(13)8(11(16)17)5-6-14-10/h5-6H,4,7,13H2,1-3H3,(H,14,15)(H,16,17). The van der Waals surface area contributed by atoms with Gasteiger partial charge in [-0.15, -0.1) is 0 Å². The highest BCUT2D eigenvalue weighted by molar-refractivity contribution is 5.96. The number of pyridine rings is 1. The van der Waals surface area contributed by atoms with E-state index in [1.165, 1.54) is 12.3 Å². The summed E-state index contributed by atoms with van der Waals surface area (Å²) in [6.45, 7) is 7.05. The van der Waals surface area contributed by atoms with E-state index in [2.05, 4.69) is 31.1 Å². The van der Waals surface area contributed by atoms with Crippen molar-refractivity contribution in [3.63, 3.8) is 0 Å². The summed E-state index contributed by atoms with van der Waals surface area (Å²) in [4.78, 5) is 15.0. The monoisotopic (exact) mass is 237 g/mol. The van der Waals surface area contributed by atoms with Crippen LogP contribution in [0.2, 0.25) is 0 Å². The maximum atomic E-state index is 10.9. The Hall–Kier alpha value is -1.78. The summed E-state index contributed by atoms with van der Waals surface area (Å²) in [7, 11) is 0. The van der Waals surface area contributed by atoms with Crippen molar-refractivity contribution in [1.82, 2.24) is 4.98 Å². The Balaban J connectivity index is 2.86. The van der Waals surface area contributed by atoms with Crippen LogP contribution in [0.5, 0.6) is 0 Å². The van der Waals surface area contributed by atoms with Crippen molar-refractivity contribution >= 4 is 17.5 Å². The molecule has 0 aliphatic carbocycles. The van der Waals surface area contributed by atoms with Crippen LogP contribution in [0, 0.1) is 5.41 Å². The fourth-order valence-electron chi connectivity index (χ4n) is 1.25. The molecule has 0 amide bonds. The largest absolute Gasteiger partial charge is 0.478 e. The van der Waals surface area contributed by atoms with E-state index >= 15 is 0 Å².